The number of hydrogen-bond acceptors (Lipinski definition) is 3. The van der Waals surface area contributed by atoms with Gasteiger partial charge in [0, 0.05) is 12.0 Å². The van der Waals surface area contributed by atoms with Gasteiger partial charge in [-0.25, -0.2) is 4.39 Å². The van der Waals surface area contributed by atoms with Crippen LogP contribution in [0.5, 0.6) is 11.5 Å². The van der Waals surface area contributed by atoms with Crippen molar-refractivity contribution < 1.29 is 18.7 Å². The highest BCUT2D eigenvalue weighted by atomic mass is 19.1. The predicted octanol–water partition coefficient (Wildman–Crippen LogP) is 3.31. The Morgan fingerprint density at radius 3 is 2.38 bits per heavy atom. The molecule has 128 valence electrons. The third-order valence-electron chi connectivity index (χ3n) is 3.76. The van der Waals surface area contributed by atoms with Crippen LogP contribution in [0.25, 0.3) is 0 Å². The first-order chi connectivity index (χ1) is 11.4. The summed E-state index contributed by atoms with van der Waals surface area (Å²) in [6.07, 6.45) is 0. The van der Waals surface area contributed by atoms with Gasteiger partial charge in [0.1, 0.15) is 5.82 Å². The Morgan fingerprint density at radius 1 is 1.08 bits per heavy atom. The van der Waals surface area contributed by atoms with E-state index in [1.165, 1.54) is 6.07 Å². The first-order valence-electron chi connectivity index (χ1n) is 7.71. The van der Waals surface area contributed by atoms with Gasteiger partial charge in [0.15, 0.2) is 18.1 Å². The first-order valence-corrected chi connectivity index (χ1v) is 7.71. The first kappa shape index (κ1) is 17.8. The van der Waals surface area contributed by atoms with Gasteiger partial charge in [-0.15, -0.1) is 0 Å². The molecule has 0 fully saturated rings. The van der Waals surface area contributed by atoms with Crippen molar-refractivity contribution in [1.29, 1.82) is 0 Å². The van der Waals surface area contributed by atoms with Gasteiger partial charge in [-0.2, -0.15) is 0 Å². The van der Waals surface area contributed by atoms with E-state index in [9.17, 15) is 9.18 Å². The van der Waals surface area contributed by atoms with Gasteiger partial charge in [-0.3, -0.25) is 4.79 Å². The predicted molar refractivity (Wildman–Crippen MR) is 90.9 cm³/mol. The molecule has 5 heteroatoms. The Kier molecular flexibility index (Phi) is 5.79. The summed E-state index contributed by atoms with van der Waals surface area (Å²) in [6.45, 7) is 3.94. The molecule has 0 aliphatic rings. The monoisotopic (exact) mass is 331 g/mol. The van der Waals surface area contributed by atoms with E-state index in [1.807, 2.05) is 19.9 Å². The van der Waals surface area contributed by atoms with Gasteiger partial charge in [0.25, 0.3) is 5.91 Å². The number of carbonyl (C=O) groups is 1. The summed E-state index contributed by atoms with van der Waals surface area (Å²) in [5.74, 6) is 0.521. The van der Waals surface area contributed by atoms with Gasteiger partial charge in [0.05, 0.1) is 7.11 Å². The third kappa shape index (κ3) is 4.47. The fraction of sp³-hybridized carbons (Fsp3) is 0.316. The number of rotatable bonds is 7. The van der Waals surface area contributed by atoms with Gasteiger partial charge in [-0.05, 0) is 23.8 Å². The van der Waals surface area contributed by atoms with Crippen LogP contribution in [-0.2, 0) is 10.2 Å². The molecule has 2 aromatic carbocycles. The molecule has 0 aliphatic heterocycles. The maximum absolute atomic E-state index is 13.9. The average Bonchev–Trinajstić information content (AvgIpc) is 2.58. The van der Waals surface area contributed by atoms with Crippen LogP contribution in [0.4, 0.5) is 4.39 Å². The summed E-state index contributed by atoms with van der Waals surface area (Å²) in [6, 6.07) is 13.7. The molecule has 0 atom stereocenters. The van der Waals surface area contributed by atoms with Gasteiger partial charge < -0.3 is 14.8 Å². The normalized spacial score (nSPS) is 11.0. The molecule has 0 saturated heterocycles. The molecule has 0 saturated carbocycles. The van der Waals surface area contributed by atoms with Gasteiger partial charge in [-0.1, -0.05) is 44.2 Å². The maximum Gasteiger partial charge on any atom is 0.257 e. The van der Waals surface area contributed by atoms with Crippen molar-refractivity contribution in [2.75, 3.05) is 20.3 Å². The zero-order valence-corrected chi connectivity index (χ0v) is 14.1. The molecule has 4 nitrogen and oxygen atoms in total. The van der Waals surface area contributed by atoms with Crippen LogP contribution in [0.15, 0.2) is 48.5 Å². The summed E-state index contributed by atoms with van der Waals surface area (Å²) in [5, 5.41) is 2.78. The topological polar surface area (TPSA) is 47.6 Å². The number of methoxy groups -OCH3 is 1. The lowest BCUT2D eigenvalue weighted by molar-refractivity contribution is -0.123. The Balaban J connectivity index is 1.90. The molecule has 0 spiro atoms. The zero-order chi connectivity index (χ0) is 17.6. The van der Waals surface area contributed by atoms with Gasteiger partial charge in [0.2, 0.25) is 0 Å². The van der Waals surface area contributed by atoms with E-state index in [4.69, 9.17) is 9.47 Å². The fourth-order valence-corrected chi connectivity index (χ4v) is 2.36. The van der Waals surface area contributed by atoms with Crippen molar-refractivity contribution in [2.24, 2.45) is 0 Å². The number of para-hydroxylation sites is 2. The van der Waals surface area contributed by atoms with E-state index in [-0.39, 0.29) is 18.3 Å². The molecule has 1 amide bonds. The van der Waals surface area contributed by atoms with E-state index in [2.05, 4.69) is 5.32 Å². The number of halogens is 1. The molecule has 0 bridgehead atoms. The number of benzene rings is 2. The lowest BCUT2D eigenvalue weighted by atomic mass is 9.84. The summed E-state index contributed by atoms with van der Waals surface area (Å²) < 4.78 is 24.5. The van der Waals surface area contributed by atoms with E-state index >= 15 is 0 Å². The molecular weight excluding hydrogens is 309 g/mol. The highest BCUT2D eigenvalue weighted by Crippen LogP contribution is 2.26. The molecule has 0 aromatic heterocycles. The lowest BCUT2D eigenvalue weighted by Crippen LogP contribution is -2.39. The van der Waals surface area contributed by atoms with Crippen LogP contribution in [0.2, 0.25) is 0 Å². The molecule has 0 unspecified atom stereocenters. The van der Waals surface area contributed by atoms with Crippen LogP contribution in [-0.4, -0.2) is 26.2 Å². The van der Waals surface area contributed by atoms with Crippen molar-refractivity contribution in [3.05, 3.63) is 59.9 Å². The second-order valence-electron chi connectivity index (χ2n) is 6.08. The molecule has 2 aromatic rings. The summed E-state index contributed by atoms with van der Waals surface area (Å²) >= 11 is 0. The van der Waals surface area contributed by atoms with Crippen molar-refractivity contribution in [2.45, 2.75) is 19.3 Å². The average molecular weight is 331 g/mol. The van der Waals surface area contributed by atoms with Crippen molar-refractivity contribution in [3.63, 3.8) is 0 Å². The second-order valence-corrected chi connectivity index (χ2v) is 6.08. The second kappa shape index (κ2) is 7.81. The minimum Gasteiger partial charge on any atom is -0.493 e. The smallest absolute Gasteiger partial charge is 0.257 e. The summed E-state index contributed by atoms with van der Waals surface area (Å²) in [4.78, 5) is 12.0. The quantitative estimate of drug-likeness (QED) is 0.847. The van der Waals surface area contributed by atoms with Crippen LogP contribution in [0, 0.1) is 5.82 Å². The number of hydrogen-bond donors (Lipinski definition) is 1. The standard InChI is InChI=1S/C19H22FNO3/c1-19(2,14-8-4-5-9-15(14)20)13-21-18(22)12-24-17-11-7-6-10-16(17)23-3/h4-11H,12-13H2,1-3H3,(H,21,22). The third-order valence-corrected chi connectivity index (χ3v) is 3.76. The number of ether oxygens (including phenoxy) is 2. The molecule has 0 aliphatic carbocycles. The van der Waals surface area contributed by atoms with Crippen LogP contribution >= 0.6 is 0 Å². The summed E-state index contributed by atoms with van der Waals surface area (Å²) in [7, 11) is 1.54. The maximum atomic E-state index is 13.9. The van der Waals surface area contributed by atoms with Crippen molar-refractivity contribution >= 4 is 5.91 Å². The van der Waals surface area contributed by atoms with Crippen LogP contribution in [0.1, 0.15) is 19.4 Å². The molecule has 0 radical (unpaired) electrons. The minimum atomic E-state index is -0.522. The van der Waals surface area contributed by atoms with Crippen LogP contribution < -0.4 is 14.8 Å². The molecule has 2 rings (SSSR count). The van der Waals surface area contributed by atoms with Crippen LogP contribution in [0.3, 0.4) is 0 Å². The largest absolute Gasteiger partial charge is 0.493 e. The Hall–Kier alpha value is -2.56. The number of nitrogens with one attached hydrogen (secondary N) is 1. The molecule has 24 heavy (non-hydrogen) atoms. The highest BCUT2D eigenvalue weighted by molar-refractivity contribution is 5.77. The lowest BCUT2D eigenvalue weighted by Gasteiger charge is -2.26. The Labute approximate surface area is 141 Å². The SMILES string of the molecule is COc1ccccc1OCC(=O)NCC(C)(C)c1ccccc1F. The molecular formula is C19H22FNO3. The minimum absolute atomic E-state index is 0.131. The van der Waals surface area contributed by atoms with E-state index in [0.29, 0.717) is 23.6 Å². The summed E-state index contributed by atoms with van der Waals surface area (Å²) in [5.41, 5.74) is 0.0433. The van der Waals surface area contributed by atoms with Crippen molar-refractivity contribution in [3.8, 4) is 11.5 Å². The van der Waals surface area contributed by atoms with E-state index in [0.717, 1.165) is 0 Å². The molecule has 1 N–H and O–H groups in total. The van der Waals surface area contributed by atoms with E-state index in [1.54, 1.807) is 43.5 Å². The zero-order valence-electron chi connectivity index (χ0n) is 14.1. The fourth-order valence-electron chi connectivity index (χ4n) is 2.36. The van der Waals surface area contributed by atoms with Gasteiger partial charge >= 0.3 is 0 Å². The number of carbonyl (C=O) groups excluding carboxylic acids is 1. The Morgan fingerprint density at radius 2 is 1.71 bits per heavy atom. The Bertz CT molecular complexity index is 701. The molecule has 0 heterocycles. The number of amides is 1. The highest BCUT2D eigenvalue weighted by Gasteiger charge is 2.24. The van der Waals surface area contributed by atoms with E-state index < -0.39 is 5.41 Å². The van der Waals surface area contributed by atoms with Crippen molar-refractivity contribution in [1.82, 2.24) is 5.32 Å².